The first kappa shape index (κ1) is 11.8. The summed E-state index contributed by atoms with van der Waals surface area (Å²) in [6.07, 6.45) is 0.944. The average Bonchev–Trinajstić information content (AvgIpc) is 2.81. The lowest BCUT2D eigenvalue weighted by Crippen LogP contribution is -2.33. The van der Waals surface area contributed by atoms with Crippen molar-refractivity contribution in [3.8, 4) is 0 Å². The lowest BCUT2D eigenvalue weighted by Gasteiger charge is -2.16. The molecule has 1 saturated heterocycles. The Balaban J connectivity index is 1.87. The standard InChI is InChI=1S/C11H20N2O3/c1-15-4-3-12-6-10-5-11(10,8-13-7-10)9(14)16-2/h12-13H,3-8H2,1-2H3. The summed E-state index contributed by atoms with van der Waals surface area (Å²) in [6, 6.07) is 0. The molecule has 2 N–H and O–H groups in total. The second-order valence-electron chi connectivity index (χ2n) is 4.80. The van der Waals surface area contributed by atoms with Crippen LogP contribution in [-0.4, -0.2) is 53.0 Å². The highest BCUT2D eigenvalue weighted by molar-refractivity contribution is 5.83. The van der Waals surface area contributed by atoms with Gasteiger partial charge in [0.1, 0.15) is 0 Å². The van der Waals surface area contributed by atoms with E-state index in [2.05, 4.69) is 10.6 Å². The lowest BCUT2D eigenvalue weighted by molar-refractivity contribution is -0.147. The molecule has 5 heteroatoms. The zero-order valence-electron chi connectivity index (χ0n) is 9.97. The number of fused-ring (bicyclic) bond motifs is 1. The van der Waals surface area contributed by atoms with Gasteiger partial charge in [0, 0.05) is 38.7 Å². The third kappa shape index (κ3) is 1.63. The van der Waals surface area contributed by atoms with Gasteiger partial charge in [-0.2, -0.15) is 0 Å². The van der Waals surface area contributed by atoms with Gasteiger partial charge in [0.25, 0.3) is 0 Å². The van der Waals surface area contributed by atoms with Crippen molar-refractivity contribution in [2.24, 2.45) is 10.8 Å². The molecule has 0 aromatic carbocycles. The van der Waals surface area contributed by atoms with Crippen LogP contribution in [-0.2, 0) is 14.3 Å². The maximum Gasteiger partial charge on any atom is 0.313 e. The summed E-state index contributed by atoms with van der Waals surface area (Å²) >= 11 is 0. The molecule has 2 unspecified atom stereocenters. The second-order valence-corrected chi connectivity index (χ2v) is 4.80. The number of esters is 1. The van der Waals surface area contributed by atoms with Crippen LogP contribution in [0.15, 0.2) is 0 Å². The molecular formula is C11H20N2O3. The monoisotopic (exact) mass is 228 g/mol. The van der Waals surface area contributed by atoms with Gasteiger partial charge >= 0.3 is 5.97 Å². The fourth-order valence-corrected chi connectivity index (χ4v) is 2.88. The van der Waals surface area contributed by atoms with Crippen molar-refractivity contribution in [3.05, 3.63) is 0 Å². The molecule has 1 aliphatic heterocycles. The quantitative estimate of drug-likeness (QED) is 0.468. The Morgan fingerprint density at radius 2 is 2.25 bits per heavy atom. The molecule has 2 fully saturated rings. The van der Waals surface area contributed by atoms with Crippen molar-refractivity contribution < 1.29 is 14.3 Å². The predicted octanol–water partition coefficient (Wildman–Crippen LogP) is -0.625. The molecule has 0 bridgehead atoms. The van der Waals surface area contributed by atoms with Gasteiger partial charge in [0.2, 0.25) is 0 Å². The van der Waals surface area contributed by atoms with E-state index in [9.17, 15) is 4.79 Å². The van der Waals surface area contributed by atoms with Crippen LogP contribution < -0.4 is 10.6 Å². The zero-order chi connectivity index (χ0) is 11.6. The molecular weight excluding hydrogens is 208 g/mol. The Morgan fingerprint density at radius 1 is 1.44 bits per heavy atom. The minimum Gasteiger partial charge on any atom is -0.469 e. The van der Waals surface area contributed by atoms with Gasteiger partial charge < -0.3 is 20.1 Å². The maximum absolute atomic E-state index is 11.8. The van der Waals surface area contributed by atoms with E-state index < -0.39 is 0 Å². The number of carbonyl (C=O) groups is 1. The normalized spacial score (nSPS) is 35.9. The molecule has 2 atom stereocenters. The first-order valence-corrected chi connectivity index (χ1v) is 5.70. The third-order valence-corrected chi connectivity index (χ3v) is 3.94. The van der Waals surface area contributed by atoms with Crippen molar-refractivity contribution in [2.75, 3.05) is 47.0 Å². The fraction of sp³-hybridized carbons (Fsp3) is 0.909. The van der Waals surface area contributed by atoms with Crippen molar-refractivity contribution in [3.63, 3.8) is 0 Å². The third-order valence-electron chi connectivity index (χ3n) is 3.94. The zero-order valence-corrected chi connectivity index (χ0v) is 9.97. The van der Waals surface area contributed by atoms with Crippen LogP contribution in [0, 0.1) is 10.8 Å². The topological polar surface area (TPSA) is 59.6 Å². The molecule has 0 radical (unpaired) electrons. The molecule has 0 aromatic rings. The number of ether oxygens (including phenoxy) is 2. The van der Waals surface area contributed by atoms with Crippen molar-refractivity contribution >= 4 is 5.97 Å². The Morgan fingerprint density at radius 3 is 2.94 bits per heavy atom. The van der Waals surface area contributed by atoms with Crippen LogP contribution in [0.2, 0.25) is 0 Å². The molecule has 0 spiro atoms. The van der Waals surface area contributed by atoms with Gasteiger partial charge in [0.05, 0.1) is 19.1 Å². The highest BCUT2D eigenvalue weighted by atomic mass is 16.5. The van der Waals surface area contributed by atoms with Gasteiger partial charge in [-0.05, 0) is 6.42 Å². The van der Waals surface area contributed by atoms with E-state index in [1.807, 2.05) is 0 Å². The van der Waals surface area contributed by atoms with Crippen LogP contribution in [0.3, 0.4) is 0 Å². The molecule has 1 heterocycles. The van der Waals surface area contributed by atoms with E-state index in [1.54, 1.807) is 7.11 Å². The van der Waals surface area contributed by atoms with Crippen molar-refractivity contribution in [1.29, 1.82) is 0 Å². The molecule has 1 saturated carbocycles. The second kappa shape index (κ2) is 4.31. The minimum absolute atomic E-state index is 0.0639. The van der Waals surface area contributed by atoms with Crippen LogP contribution in [0.25, 0.3) is 0 Å². The molecule has 1 aliphatic carbocycles. The first-order valence-electron chi connectivity index (χ1n) is 5.70. The predicted molar refractivity (Wildman–Crippen MR) is 59.1 cm³/mol. The average molecular weight is 228 g/mol. The summed E-state index contributed by atoms with van der Waals surface area (Å²) in [7, 11) is 3.16. The molecule has 16 heavy (non-hydrogen) atoms. The molecule has 5 nitrogen and oxygen atoms in total. The Hall–Kier alpha value is -0.650. The highest BCUT2D eigenvalue weighted by Crippen LogP contribution is 2.66. The number of methoxy groups -OCH3 is 2. The van der Waals surface area contributed by atoms with Gasteiger partial charge in [0.15, 0.2) is 0 Å². The first-order chi connectivity index (χ1) is 7.71. The summed E-state index contributed by atoms with van der Waals surface area (Å²) in [5.41, 5.74) is -0.185. The maximum atomic E-state index is 11.8. The summed E-state index contributed by atoms with van der Waals surface area (Å²) in [4.78, 5) is 11.8. The van der Waals surface area contributed by atoms with Gasteiger partial charge in [-0.1, -0.05) is 0 Å². The van der Waals surface area contributed by atoms with E-state index in [1.165, 1.54) is 7.11 Å². The summed E-state index contributed by atoms with van der Waals surface area (Å²) < 4.78 is 9.88. The Kier molecular flexibility index (Phi) is 3.19. The Bertz CT molecular complexity index is 284. The number of hydrogen-bond acceptors (Lipinski definition) is 5. The van der Waals surface area contributed by atoms with Crippen LogP contribution in [0.5, 0.6) is 0 Å². The number of piperidine rings is 1. The molecule has 92 valence electrons. The smallest absolute Gasteiger partial charge is 0.313 e. The molecule has 0 aromatic heterocycles. The van der Waals surface area contributed by atoms with Gasteiger partial charge in [-0.25, -0.2) is 0 Å². The molecule has 0 amide bonds. The van der Waals surface area contributed by atoms with E-state index in [4.69, 9.17) is 9.47 Å². The summed E-state index contributed by atoms with van der Waals surface area (Å²) in [5.74, 6) is -0.0639. The minimum atomic E-state index is -0.262. The SMILES string of the molecule is COCCNCC12CNCC1(C(=O)OC)C2. The number of nitrogens with one attached hydrogen (secondary N) is 2. The largest absolute Gasteiger partial charge is 0.469 e. The van der Waals surface area contributed by atoms with E-state index in [0.717, 1.165) is 32.6 Å². The summed E-state index contributed by atoms with van der Waals surface area (Å²) in [5, 5.41) is 6.63. The lowest BCUT2D eigenvalue weighted by atomic mass is 9.96. The number of carbonyl (C=O) groups excluding carboxylic acids is 1. The Labute approximate surface area is 95.9 Å². The van der Waals surface area contributed by atoms with E-state index in [-0.39, 0.29) is 16.8 Å². The highest BCUT2D eigenvalue weighted by Gasteiger charge is 2.74. The van der Waals surface area contributed by atoms with Crippen molar-refractivity contribution in [1.82, 2.24) is 10.6 Å². The van der Waals surface area contributed by atoms with Crippen LogP contribution in [0.4, 0.5) is 0 Å². The number of rotatable bonds is 6. The van der Waals surface area contributed by atoms with Crippen LogP contribution in [0.1, 0.15) is 6.42 Å². The van der Waals surface area contributed by atoms with E-state index in [0.29, 0.717) is 6.61 Å². The number of hydrogen-bond donors (Lipinski definition) is 2. The fourth-order valence-electron chi connectivity index (χ4n) is 2.88. The van der Waals surface area contributed by atoms with E-state index >= 15 is 0 Å². The summed E-state index contributed by atoms with van der Waals surface area (Å²) in [6.45, 7) is 4.05. The van der Waals surface area contributed by atoms with Gasteiger partial charge in [-0.15, -0.1) is 0 Å². The van der Waals surface area contributed by atoms with Gasteiger partial charge in [-0.3, -0.25) is 4.79 Å². The van der Waals surface area contributed by atoms with Crippen LogP contribution >= 0.6 is 0 Å². The van der Waals surface area contributed by atoms with Crippen molar-refractivity contribution in [2.45, 2.75) is 6.42 Å². The molecule has 2 rings (SSSR count). The molecule has 2 aliphatic rings.